The molecule has 7 heteroatoms. The van der Waals surface area contributed by atoms with Gasteiger partial charge in [-0.2, -0.15) is 0 Å². The smallest absolute Gasteiger partial charge is 0.310 e. The third-order valence-corrected chi connectivity index (χ3v) is 3.47. The fourth-order valence-corrected chi connectivity index (χ4v) is 2.19. The Balaban J connectivity index is 2.19. The van der Waals surface area contributed by atoms with Gasteiger partial charge in [0.15, 0.2) is 5.75 Å². The first-order valence-electron chi connectivity index (χ1n) is 6.42. The zero-order chi connectivity index (χ0) is 14.7. The average Bonchev–Trinajstić information content (AvgIpc) is 2.40. The first-order chi connectivity index (χ1) is 9.55. The Morgan fingerprint density at radius 2 is 2.25 bits per heavy atom. The molecule has 20 heavy (non-hydrogen) atoms. The van der Waals surface area contributed by atoms with Crippen molar-refractivity contribution in [2.24, 2.45) is 11.7 Å². The summed E-state index contributed by atoms with van der Waals surface area (Å²) in [6, 6.07) is 4.11. The summed E-state index contributed by atoms with van der Waals surface area (Å²) in [6.45, 7) is 0.597. The third kappa shape index (κ3) is 2.88. The van der Waals surface area contributed by atoms with Gasteiger partial charge >= 0.3 is 5.69 Å². The molecule has 0 spiro atoms. The predicted molar refractivity (Wildman–Crippen MR) is 72.7 cm³/mol. The van der Waals surface area contributed by atoms with E-state index < -0.39 is 4.92 Å². The monoisotopic (exact) mass is 279 g/mol. The van der Waals surface area contributed by atoms with Gasteiger partial charge in [-0.3, -0.25) is 14.9 Å². The number of nitro benzene ring substituents is 1. The van der Waals surface area contributed by atoms with Crippen molar-refractivity contribution in [1.82, 2.24) is 5.32 Å². The van der Waals surface area contributed by atoms with E-state index >= 15 is 0 Å². The van der Waals surface area contributed by atoms with Crippen molar-refractivity contribution >= 4 is 11.6 Å². The minimum absolute atomic E-state index is 0.0674. The number of nitrogens with zero attached hydrogens (tertiary/aromatic N) is 1. The number of rotatable bonds is 5. The quantitative estimate of drug-likeness (QED) is 0.619. The van der Waals surface area contributed by atoms with Gasteiger partial charge in [-0.1, -0.05) is 0 Å². The molecule has 0 atom stereocenters. The average molecular weight is 279 g/mol. The lowest BCUT2D eigenvalue weighted by Gasteiger charge is -2.34. The highest BCUT2D eigenvalue weighted by Gasteiger charge is 2.31. The number of ether oxygens (including phenoxy) is 1. The van der Waals surface area contributed by atoms with Crippen LogP contribution in [0.5, 0.6) is 5.75 Å². The molecule has 1 aromatic carbocycles. The summed E-state index contributed by atoms with van der Waals surface area (Å²) in [5.41, 5.74) is 5.74. The van der Waals surface area contributed by atoms with Crippen LogP contribution in [-0.4, -0.2) is 30.5 Å². The topological polar surface area (TPSA) is 107 Å². The second-order valence-corrected chi connectivity index (χ2v) is 4.83. The molecule has 1 aromatic rings. The number of hydrogen-bond donors (Lipinski definition) is 2. The largest absolute Gasteiger partial charge is 0.483 e. The van der Waals surface area contributed by atoms with Gasteiger partial charge in [0.1, 0.15) is 0 Å². The van der Waals surface area contributed by atoms with Crippen LogP contribution < -0.4 is 15.8 Å². The van der Waals surface area contributed by atoms with Crippen molar-refractivity contribution in [1.29, 1.82) is 0 Å². The van der Waals surface area contributed by atoms with Crippen LogP contribution in [0, 0.1) is 16.0 Å². The van der Waals surface area contributed by atoms with E-state index in [1.165, 1.54) is 25.2 Å². The van der Waals surface area contributed by atoms with Gasteiger partial charge in [0.2, 0.25) is 0 Å². The standard InChI is InChI=1S/C13H17N3O4/c1-15-13(17)9-2-3-11(16(18)19)12(6-9)20-10-4-8(5-10)7-14/h2-3,6,8,10H,4-5,7,14H2,1H3,(H,15,17). The van der Waals surface area contributed by atoms with Crippen LogP contribution in [0.3, 0.4) is 0 Å². The van der Waals surface area contributed by atoms with Crippen LogP contribution in [0.15, 0.2) is 18.2 Å². The molecule has 0 unspecified atom stereocenters. The van der Waals surface area contributed by atoms with E-state index in [1.54, 1.807) is 0 Å². The summed E-state index contributed by atoms with van der Waals surface area (Å²) in [7, 11) is 1.50. The molecule has 0 saturated heterocycles. The van der Waals surface area contributed by atoms with Crippen LogP contribution >= 0.6 is 0 Å². The van der Waals surface area contributed by atoms with E-state index in [9.17, 15) is 14.9 Å². The maximum Gasteiger partial charge on any atom is 0.310 e. The third-order valence-electron chi connectivity index (χ3n) is 3.47. The summed E-state index contributed by atoms with van der Waals surface area (Å²) in [5.74, 6) is 0.246. The van der Waals surface area contributed by atoms with Crippen molar-refractivity contribution in [3.05, 3.63) is 33.9 Å². The van der Waals surface area contributed by atoms with Gasteiger partial charge in [-0.05, 0) is 31.4 Å². The van der Waals surface area contributed by atoms with Gasteiger partial charge in [-0.25, -0.2) is 0 Å². The molecule has 1 amide bonds. The summed E-state index contributed by atoms with van der Waals surface area (Å²) in [6.07, 6.45) is 1.51. The molecule has 1 aliphatic carbocycles. The van der Waals surface area contributed by atoms with Crippen molar-refractivity contribution in [3.8, 4) is 5.75 Å². The Kier molecular flexibility index (Phi) is 4.19. The maximum atomic E-state index is 11.6. The summed E-state index contributed by atoms with van der Waals surface area (Å²) < 4.78 is 5.63. The molecule has 0 bridgehead atoms. The highest BCUT2D eigenvalue weighted by molar-refractivity contribution is 5.94. The van der Waals surface area contributed by atoms with Crippen LogP contribution in [0.4, 0.5) is 5.69 Å². The molecule has 7 nitrogen and oxygen atoms in total. The van der Waals surface area contributed by atoms with E-state index in [2.05, 4.69) is 5.32 Å². The minimum atomic E-state index is -0.512. The Bertz CT molecular complexity index is 526. The second-order valence-electron chi connectivity index (χ2n) is 4.83. The minimum Gasteiger partial charge on any atom is -0.483 e. The summed E-state index contributed by atoms with van der Waals surface area (Å²) in [5, 5.41) is 13.5. The lowest BCUT2D eigenvalue weighted by atomic mass is 9.82. The molecular formula is C13H17N3O4. The van der Waals surface area contributed by atoms with Gasteiger partial charge in [0.05, 0.1) is 11.0 Å². The van der Waals surface area contributed by atoms with Gasteiger partial charge in [0, 0.05) is 24.7 Å². The van der Waals surface area contributed by atoms with Crippen LogP contribution in [0.2, 0.25) is 0 Å². The Hall–Kier alpha value is -2.15. The van der Waals surface area contributed by atoms with Gasteiger partial charge in [-0.15, -0.1) is 0 Å². The van der Waals surface area contributed by atoms with E-state index in [4.69, 9.17) is 10.5 Å². The second kappa shape index (κ2) is 5.87. The lowest BCUT2D eigenvalue weighted by molar-refractivity contribution is -0.386. The Morgan fingerprint density at radius 1 is 1.55 bits per heavy atom. The van der Waals surface area contributed by atoms with Crippen LogP contribution in [0.25, 0.3) is 0 Å². The zero-order valence-corrected chi connectivity index (χ0v) is 11.2. The molecule has 0 radical (unpaired) electrons. The number of nitrogens with one attached hydrogen (secondary N) is 1. The molecule has 3 N–H and O–H groups in total. The summed E-state index contributed by atoms with van der Waals surface area (Å²) >= 11 is 0. The fraction of sp³-hybridized carbons (Fsp3) is 0.462. The number of benzene rings is 1. The first kappa shape index (κ1) is 14.3. The van der Waals surface area contributed by atoms with Gasteiger partial charge in [0.25, 0.3) is 5.91 Å². The van der Waals surface area contributed by atoms with E-state index in [1.807, 2.05) is 0 Å². The number of nitro groups is 1. The Labute approximate surface area is 116 Å². The molecule has 0 aromatic heterocycles. The zero-order valence-electron chi connectivity index (χ0n) is 11.2. The molecule has 108 valence electrons. The van der Waals surface area contributed by atoms with Crippen LogP contribution in [0.1, 0.15) is 23.2 Å². The van der Waals surface area contributed by atoms with Crippen molar-refractivity contribution in [3.63, 3.8) is 0 Å². The van der Waals surface area contributed by atoms with Crippen molar-refractivity contribution < 1.29 is 14.5 Å². The molecule has 1 aliphatic rings. The first-order valence-corrected chi connectivity index (χ1v) is 6.42. The van der Waals surface area contributed by atoms with E-state index in [-0.39, 0.29) is 23.4 Å². The van der Waals surface area contributed by atoms with E-state index in [0.29, 0.717) is 18.0 Å². The molecule has 0 aliphatic heterocycles. The maximum absolute atomic E-state index is 11.6. The highest BCUT2D eigenvalue weighted by atomic mass is 16.6. The normalized spacial score (nSPS) is 20.9. The lowest BCUT2D eigenvalue weighted by Crippen LogP contribution is -2.37. The van der Waals surface area contributed by atoms with Crippen molar-refractivity contribution in [2.45, 2.75) is 18.9 Å². The highest BCUT2D eigenvalue weighted by Crippen LogP contribution is 2.35. The number of carbonyl (C=O) groups excluding carboxylic acids is 1. The molecule has 1 fully saturated rings. The molecule has 2 rings (SSSR count). The molecule has 0 heterocycles. The molecule has 1 saturated carbocycles. The SMILES string of the molecule is CNC(=O)c1ccc([N+](=O)[O-])c(OC2CC(CN)C2)c1. The number of hydrogen-bond acceptors (Lipinski definition) is 5. The van der Waals surface area contributed by atoms with Crippen LogP contribution in [-0.2, 0) is 0 Å². The number of carbonyl (C=O) groups is 1. The van der Waals surface area contributed by atoms with E-state index in [0.717, 1.165) is 12.8 Å². The van der Waals surface area contributed by atoms with Crippen molar-refractivity contribution in [2.75, 3.05) is 13.6 Å². The predicted octanol–water partition coefficient (Wildman–Crippen LogP) is 1.07. The fourth-order valence-electron chi connectivity index (χ4n) is 2.19. The Morgan fingerprint density at radius 3 is 2.80 bits per heavy atom. The molecular weight excluding hydrogens is 262 g/mol. The number of nitrogens with two attached hydrogens (primary N) is 1. The number of amides is 1. The van der Waals surface area contributed by atoms with Gasteiger partial charge < -0.3 is 15.8 Å². The summed E-state index contributed by atoms with van der Waals surface area (Å²) in [4.78, 5) is 22.0.